The van der Waals surface area contributed by atoms with Crippen LogP contribution in [0.15, 0.2) is 42.7 Å². The lowest BCUT2D eigenvalue weighted by Gasteiger charge is -2.39. The van der Waals surface area contributed by atoms with E-state index < -0.39 is 0 Å². The maximum absolute atomic E-state index is 4.11. The second kappa shape index (κ2) is 6.49. The molecule has 3 heteroatoms. The zero-order valence-corrected chi connectivity index (χ0v) is 13.8. The highest BCUT2D eigenvalue weighted by atomic mass is 15.3. The third-order valence-corrected chi connectivity index (χ3v) is 4.91. The van der Waals surface area contributed by atoms with Crippen LogP contribution < -0.4 is 4.90 Å². The van der Waals surface area contributed by atoms with Crippen LogP contribution in [0.25, 0.3) is 0 Å². The van der Waals surface area contributed by atoms with Crippen molar-refractivity contribution in [2.24, 2.45) is 0 Å². The van der Waals surface area contributed by atoms with E-state index >= 15 is 0 Å². The summed E-state index contributed by atoms with van der Waals surface area (Å²) in [5.74, 6) is 0. The Balaban J connectivity index is 1.64. The van der Waals surface area contributed by atoms with Gasteiger partial charge in [0.25, 0.3) is 0 Å². The fourth-order valence-corrected chi connectivity index (χ4v) is 3.14. The van der Waals surface area contributed by atoms with E-state index in [0.717, 1.165) is 26.2 Å². The van der Waals surface area contributed by atoms with E-state index in [9.17, 15) is 0 Å². The van der Waals surface area contributed by atoms with Crippen molar-refractivity contribution in [2.45, 2.75) is 26.8 Å². The van der Waals surface area contributed by atoms with Crippen molar-refractivity contribution in [2.75, 3.05) is 31.1 Å². The Morgan fingerprint density at radius 2 is 1.59 bits per heavy atom. The molecule has 0 aliphatic carbocycles. The van der Waals surface area contributed by atoms with Gasteiger partial charge in [-0.1, -0.05) is 6.07 Å². The van der Waals surface area contributed by atoms with E-state index in [4.69, 9.17) is 0 Å². The molecular formula is C19H25N3. The molecule has 1 aromatic heterocycles. The van der Waals surface area contributed by atoms with E-state index in [0.29, 0.717) is 6.04 Å². The molecular weight excluding hydrogens is 270 g/mol. The molecule has 116 valence electrons. The van der Waals surface area contributed by atoms with Crippen molar-refractivity contribution in [3.8, 4) is 0 Å². The molecule has 1 atom stereocenters. The fourth-order valence-electron chi connectivity index (χ4n) is 3.14. The SMILES string of the molecule is Cc1ccc(N2CCN(C(C)c3ccncc3)CC2)cc1C. The predicted molar refractivity (Wildman–Crippen MR) is 92.4 cm³/mol. The number of pyridine rings is 1. The van der Waals surface area contributed by atoms with E-state index in [1.54, 1.807) is 0 Å². The largest absolute Gasteiger partial charge is 0.369 e. The molecule has 3 nitrogen and oxygen atoms in total. The summed E-state index contributed by atoms with van der Waals surface area (Å²) >= 11 is 0. The second-order valence-corrected chi connectivity index (χ2v) is 6.25. The van der Waals surface area contributed by atoms with Gasteiger partial charge in [0.15, 0.2) is 0 Å². The quantitative estimate of drug-likeness (QED) is 0.863. The summed E-state index contributed by atoms with van der Waals surface area (Å²) in [6.45, 7) is 11.1. The summed E-state index contributed by atoms with van der Waals surface area (Å²) in [6.07, 6.45) is 3.77. The van der Waals surface area contributed by atoms with Crippen LogP contribution in [0.2, 0.25) is 0 Å². The molecule has 1 saturated heterocycles. The third kappa shape index (κ3) is 3.14. The van der Waals surface area contributed by atoms with Gasteiger partial charge in [-0.3, -0.25) is 9.88 Å². The molecule has 1 aliphatic rings. The summed E-state index contributed by atoms with van der Waals surface area (Å²) in [6, 6.07) is 11.5. The number of anilines is 1. The summed E-state index contributed by atoms with van der Waals surface area (Å²) in [5, 5.41) is 0. The summed E-state index contributed by atoms with van der Waals surface area (Å²) < 4.78 is 0. The van der Waals surface area contributed by atoms with Gasteiger partial charge in [-0.05, 0) is 61.7 Å². The van der Waals surface area contributed by atoms with Gasteiger partial charge in [-0.2, -0.15) is 0 Å². The summed E-state index contributed by atoms with van der Waals surface area (Å²) in [4.78, 5) is 9.18. The molecule has 2 heterocycles. The number of aryl methyl sites for hydroxylation is 2. The average Bonchev–Trinajstić information content (AvgIpc) is 2.58. The van der Waals surface area contributed by atoms with Gasteiger partial charge in [0, 0.05) is 50.3 Å². The highest BCUT2D eigenvalue weighted by molar-refractivity contribution is 5.51. The molecule has 1 fully saturated rings. The van der Waals surface area contributed by atoms with Gasteiger partial charge in [-0.15, -0.1) is 0 Å². The third-order valence-electron chi connectivity index (χ3n) is 4.91. The van der Waals surface area contributed by atoms with E-state index in [1.165, 1.54) is 22.4 Å². The zero-order chi connectivity index (χ0) is 15.5. The molecule has 0 bridgehead atoms. The molecule has 3 rings (SSSR count). The number of nitrogens with zero attached hydrogens (tertiary/aromatic N) is 3. The van der Waals surface area contributed by atoms with Gasteiger partial charge in [0.1, 0.15) is 0 Å². The first-order valence-electron chi connectivity index (χ1n) is 8.11. The minimum absolute atomic E-state index is 0.463. The highest BCUT2D eigenvalue weighted by Gasteiger charge is 2.22. The number of hydrogen-bond acceptors (Lipinski definition) is 3. The molecule has 1 aromatic carbocycles. The zero-order valence-electron chi connectivity index (χ0n) is 13.8. The number of benzene rings is 1. The van der Waals surface area contributed by atoms with Crippen molar-refractivity contribution < 1.29 is 0 Å². The smallest absolute Gasteiger partial charge is 0.0369 e. The van der Waals surface area contributed by atoms with Gasteiger partial charge in [-0.25, -0.2) is 0 Å². The first-order chi connectivity index (χ1) is 10.6. The van der Waals surface area contributed by atoms with Gasteiger partial charge >= 0.3 is 0 Å². The minimum Gasteiger partial charge on any atom is -0.369 e. The minimum atomic E-state index is 0.463. The van der Waals surface area contributed by atoms with Gasteiger partial charge < -0.3 is 4.90 Å². The lowest BCUT2D eigenvalue weighted by Crippen LogP contribution is -2.47. The molecule has 22 heavy (non-hydrogen) atoms. The molecule has 0 radical (unpaired) electrons. The van der Waals surface area contributed by atoms with Crippen LogP contribution in [-0.4, -0.2) is 36.1 Å². The van der Waals surface area contributed by atoms with Crippen LogP contribution in [0.5, 0.6) is 0 Å². The van der Waals surface area contributed by atoms with E-state index in [1.807, 2.05) is 12.4 Å². The van der Waals surface area contributed by atoms with Crippen LogP contribution in [0, 0.1) is 13.8 Å². The molecule has 0 N–H and O–H groups in total. The van der Waals surface area contributed by atoms with Crippen molar-refractivity contribution >= 4 is 5.69 Å². The maximum Gasteiger partial charge on any atom is 0.0369 e. The lowest BCUT2D eigenvalue weighted by atomic mass is 10.1. The number of aromatic nitrogens is 1. The average molecular weight is 295 g/mol. The fraction of sp³-hybridized carbons (Fsp3) is 0.421. The molecule has 0 amide bonds. The highest BCUT2D eigenvalue weighted by Crippen LogP contribution is 2.24. The van der Waals surface area contributed by atoms with Crippen LogP contribution in [0.1, 0.15) is 29.7 Å². The van der Waals surface area contributed by atoms with Crippen molar-refractivity contribution in [1.82, 2.24) is 9.88 Å². The maximum atomic E-state index is 4.11. The van der Waals surface area contributed by atoms with Crippen molar-refractivity contribution in [1.29, 1.82) is 0 Å². The normalized spacial score (nSPS) is 17.5. The van der Waals surface area contributed by atoms with Crippen molar-refractivity contribution in [3.63, 3.8) is 0 Å². The predicted octanol–water partition coefficient (Wildman–Crippen LogP) is 3.58. The topological polar surface area (TPSA) is 19.4 Å². The summed E-state index contributed by atoms with van der Waals surface area (Å²) in [5.41, 5.74) is 5.47. The number of hydrogen-bond donors (Lipinski definition) is 0. The number of rotatable bonds is 3. The molecule has 1 aliphatic heterocycles. The van der Waals surface area contributed by atoms with E-state index in [2.05, 4.69) is 65.9 Å². The first kappa shape index (κ1) is 15.0. The Hall–Kier alpha value is -1.87. The monoisotopic (exact) mass is 295 g/mol. The van der Waals surface area contributed by atoms with Crippen LogP contribution >= 0.6 is 0 Å². The van der Waals surface area contributed by atoms with Crippen LogP contribution in [0.3, 0.4) is 0 Å². The molecule has 0 saturated carbocycles. The Kier molecular flexibility index (Phi) is 4.44. The molecule has 1 unspecified atom stereocenters. The Morgan fingerprint density at radius 3 is 2.23 bits per heavy atom. The van der Waals surface area contributed by atoms with Gasteiger partial charge in [0.2, 0.25) is 0 Å². The Morgan fingerprint density at radius 1 is 0.909 bits per heavy atom. The van der Waals surface area contributed by atoms with Crippen LogP contribution in [-0.2, 0) is 0 Å². The standard InChI is InChI=1S/C19H25N3/c1-15-4-5-19(14-16(15)2)22-12-10-21(11-13-22)17(3)18-6-8-20-9-7-18/h4-9,14,17H,10-13H2,1-3H3. The van der Waals surface area contributed by atoms with E-state index in [-0.39, 0.29) is 0 Å². The lowest BCUT2D eigenvalue weighted by molar-refractivity contribution is 0.198. The second-order valence-electron chi connectivity index (χ2n) is 6.25. The Bertz CT molecular complexity index is 616. The van der Waals surface area contributed by atoms with Gasteiger partial charge in [0.05, 0.1) is 0 Å². The van der Waals surface area contributed by atoms with Crippen LogP contribution in [0.4, 0.5) is 5.69 Å². The number of piperazine rings is 1. The first-order valence-corrected chi connectivity index (χ1v) is 8.11. The summed E-state index contributed by atoms with van der Waals surface area (Å²) in [7, 11) is 0. The van der Waals surface area contributed by atoms with Crippen molar-refractivity contribution in [3.05, 3.63) is 59.4 Å². The molecule has 2 aromatic rings. The Labute approximate surface area is 133 Å². The molecule has 0 spiro atoms.